The van der Waals surface area contributed by atoms with Crippen molar-refractivity contribution in [2.24, 2.45) is 0 Å². The van der Waals surface area contributed by atoms with Crippen molar-refractivity contribution in [3.8, 4) is 0 Å². The summed E-state index contributed by atoms with van der Waals surface area (Å²) in [5, 5.41) is 7.49. The van der Waals surface area contributed by atoms with Crippen LogP contribution >= 0.6 is 0 Å². The molecule has 3 rings (SSSR count). The number of esters is 1. The van der Waals surface area contributed by atoms with Gasteiger partial charge in [-0.25, -0.2) is 4.79 Å². The summed E-state index contributed by atoms with van der Waals surface area (Å²) in [6.07, 6.45) is 2.12. The van der Waals surface area contributed by atoms with Gasteiger partial charge in [-0.3, -0.25) is 9.48 Å². The molecule has 6 nitrogen and oxygen atoms in total. The molecule has 1 atom stereocenters. The van der Waals surface area contributed by atoms with Gasteiger partial charge in [0.2, 0.25) is 0 Å². The van der Waals surface area contributed by atoms with Crippen LogP contribution in [-0.4, -0.2) is 27.8 Å². The van der Waals surface area contributed by atoms with Crippen LogP contribution in [0.25, 0.3) is 6.08 Å². The minimum Gasteiger partial charge on any atom is -0.449 e. The van der Waals surface area contributed by atoms with E-state index in [1.165, 1.54) is 11.6 Å². The highest BCUT2D eigenvalue weighted by molar-refractivity contribution is 5.97. The smallest absolute Gasteiger partial charge is 0.331 e. The molecule has 1 amide bonds. The van der Waals surface area contributed by atoms with E-state index in [4.69, 9.17) is 4.74 Å². The monoisotopic (exact) mass is 459 g/mol. The van der Waals surface area contributed by atoms with Crippen LogP contribution < -0.4 is 5.32 Å². The molecule has 0 fully saturated rings. The summed E-state index contributed by atoms with van der Waals surface area (Å²) in [5.74, 6) is -0.944. The first kappa shape index (κ1) is 25.0. The van der Waals surface area contributed by atoms with Crippen molar-refractivity contribution in [1.82, 2.24) is 9.78 Å². The maximum Gasteiger partial charge on any atom is 0.331 e. The number of ether oxygens (including phenoxy) is 1. The Bertz CT molecular complexity index is 1210. The van der Waals surface area contributed by atoms with E-state index in [2.05, 4.69) is 41.6 Å². The average molecular weight is 460 g/mol. The molecule has 0 radical (unpaired) electrons. The van der Waals surface area contributed by atoms with Crippen LogP contribution in [-0.2, 0) is 20.9 Å². The van der Waals surface area contributed by atoms with E-state index in [1.807, 2.05) is 51.4 Å². The second kappa shape index (κ2) is 10.5. The van der Waals surface area contributed by atoms with Crippen molar-refractivity contribution in [3.05, 3.63) is 87.2 Å². The highest BCUT2D eigenvalue weighted by Crippen LogP contribution is 2.22. The number of nitrogens with one attached hydrogen (secondary N) is 1. The molecule has 0 bridgehead atoms. The summed E-state index contributed by atoms with van der Waals surface area (Å²) >= 11 is 0. The van der Waals surface area contributed by atoms with Crippen molar-refractivity contribution in [3.63, 3.8) is 0 Å². The second-order valence-corrected chi connectivity index (χ2v) is 8.90. The molecule has 0 saturated heterocycles. The second-order valence-electron chi connectivity index (χ2n) is 8.90. The summed E-state index contributed by atoms with van der Waals surface area (Å²) in [5.41, 5.74) is 8.84. The SMILES string of the molecule is Cc1ccc(Cn2nc(C)c(/C=C/C(=O)OC(C)C(=O)Nc3c(C)cc(C)cc3C)c2C)cc1. The number of aromatic nitrogens is 2. The Labute approximate surface area is 201 Å². The number of carbonyl (C=O) groups is 2. The number of hydrogen-bond donors (Lipinski definition) is 1. The molecular formula is C28H33N3O3. The van der Waals surface area contributed by atoms with Gasteiger partial charge in [0, 0.05) is 23.0 Å². The molecule has 1 unspecified atom stereocenters. The summed E-state index contributed by atoms with van der Waals surface area (Å²) in [4.78, 5) is 25.0. The number of nitrogens with zero attached hydrogens (tertiary/aromatic N) is 2. The summed E-state index contributed by atoms with van der Waals surface area (Å²) in [6, 6.07) is 12.3. The van der Waals surface area contributed by atoms with Crippen molar-refractivity contribution in [2.75, 3.05) is 5.32 Å². The third kappa shape index (κ3) is 6.01. The van der Waals surface area contributed by atoms with Gasteiger partial charge in [-0.2, -0.15) is 5.10 Å². The van der Waals surface area contributed by atoms with Crippen LogP contribution in [0, 0.1) is 41.5 Å². The first-order valence-electron chi connectivity index (χ1n) is 11.4. The number of amides is 1. The zero-order valence-electron chi connectivity index (χ0n) is 21.0. The van der Waals surface area contributed by atoms with Crippen LogP contribution in [0.5, 0.6) is 0 Å². The van der Waals surface area contributed by atoms with Crippen molar-refractivity contribution < 1.29 is 14.3 Å². The molecule has 6 heteroatoms. The van der Waals surface area contributed by atoms with E-state index >= 15 is 0 Å². The molecule has 0 aliphatic heterocycles. The van der Waals surface area contributed by atoms with E-state index < -0.39 is 12.1 Å². The molecule has 0 saturated carbocycles. The Balaban J connectivity index is 1.63. The van der Waals surface area contributed by atoms with Crippen LogP contribution in [0.15, 0.2) is 42.5 Å². The first-order chi connectivity index (χ1) is 16.0. The molecule has 1 aromatic heterocycles. The zero-order valence-corrected chi connectivity index (χ0v) is 21.0. The van der Waals surface area contributed by atoms with Crippen molar-refractivity contribution in [2.45, 2.75) is 61.1 Å². The fourth-order valence-electron chi connectivity index (χ4n) is 3.99. The van der Waals surface area contributed by atoms with Gasteiger partial charge in [0.1, 0.15) is 0 Å². The van der Waals surface area contributed by atoms with E-state index in [1.54, 1.807) is 13.0 Å². The van der Waals surface area contributed by atoms with Crippen molar-refractivity contribution in [1.29, 1.82) is 0 Å². The largest absolute Gasteiger partial charge is 0.449 e. The zero-order chi connectivity index (χ0) is 25.0. The lowest BCUT2D eigenvalue weighted by Crippen LogP contribution is -2.30. The highest BCUT2D eigenvalue weighted by atomic mass is 16.5. The maximum atomic E-state index is 12.6. The van der Waals surface area contributed by atoms with Gasteiger partial charge in [0.15, 0.2) is 6.10 Å². The molecule has 34 heavy (non-hydrogen) atoms. The van der Waals surface area contributed by atoms with Gasteiger partial charge in [0.05, 0.1) is 12.2 Å². The Morgan fingerprint density at radius 3 is 2.24 bits per heavy atom. The molecule has 1 N–H and O–H groups in total. The summed E-state index contributed by atoms with van der Waals surface area (Å²) < 4.78 is 7.26. The molecule has 178 valence electrons. The lowest BCUT2D eigenvalue weighted by molar-refractivity contribution is -0.148. The third-order valence-corrected chi connectivity index (χ3v) is 5.86. The minimum absolute atomic E-state index is 0.366. The van der Waals surface area contributed by atoms with Gasteiger partial charge >= 0.3 is 5.97 Å². The van der Waals surface area contributed by atoms with Gasteiger partial charge in [-0.15, -0.1) is 0 Å². The number of rotatable bonds is 7. The van der Waals surface area contributed by atoms with Gasteiger partial charge in [-0.1, -0.05) is 47.5 Å². The first-order valence-corrected chi connectivity index (χ1v) is 11.4. The highest BCUT2D eigenvalue weighted by Gasteiger charge is 2.19. The minimum atomic E-state index is -0.927. The molecule has 0 aliphatic carbocycles. The Hall–Kier alpha value is -3.67. The van der Waals surface area contributed by atoms with E-state index in [9.17, 15) is 9.59 Å². The number of carbonyl (C=O) groups excluding carboxylic acids is 2. The number of hydrogen-bond acceptors (Lipinski definition) is 4. The molecule has 0 spiro atoms. The average Bonchev–Trinajstić information content (AvgIpc) is 3.02. The number of anilines is 1. The van der Waals surface area contributed by atoms with Gasteiger partial charge in [0.25, 0.3) is 5.91 Å². The molecule has 3 aromatic rings. The topological polar surface area (TPSA) is 73.2 Å². The Kier molecular flexibility index (Phi) is 7.72. The fraction of sp³-hybridized carbons (Fsp3) is 0.321. The van der Waals surface area contributed by atoms with E-state index in [-0.39, 0.29) is 5.91 Å². The van der Waals surface area contributed by atoms with Gasteiger partial charge < -0.3 is 10.1 Å². The Morgan fingerprint density at radius 1 is 1.00 bits per heavy atom. The number of aryl methyl sites for hydroxylation is 5. The van der Waals surface area contributed by atoms with Gasteiger partial charge in [-0.05, 0) is 71.2 Å². The van der Waals surface area contributed by atoms with E-state index in [0.717, 1.165) is 44.9 Å². The predicted molar refractivity (Wildman–Crippen MR) is 136 cm³/mol. The normalized spacial score (nSPS) is 12.1. The lowest BCUT2D eigenvalue weighted by Gasteiger charge is -2.16. The molecule has 1 heterocycles. The van der Waals surface area contributed by atoms with Crippen LogP contribution in [0.1, 0.15) is 51.7 Å². The lowest BCUT2D eigenvalue weighted by atomic mass is 10.0. The summed E-state index contributed by atoms with van der Waals surface area (Å²) in [7, 11) is 0. The summed E-state index contributed by atoms with van der Waals surface area (Å²) in [6.45, 7) is 14.1. The third-order valence-electron chi connectivity index (χ3n) is 5.86. The Morgan fingerprint density at radius 2 is 1.62 bits per heavy atom. The van der Waals surface area contributed by atoms with Crippen molar-refractivity contribution >= 4 is 23.6 Å². The van der Waals surface area contributed by atoms with Crippen LogP contribution in [0.2, 0.25) is 0 Å². The predicted octanol–water partition coefficient (Wildman–Crippen LogP) is 5.37. The standard InChI is InChI=1S/C28H33N3O3/c1-17-8-10-24(11-9-17)16-31-22(6)25(21(5)30-31)12-13-26(32)34-23(7)28(33)29-27-19(3)14-18(2)15-20(27)4/h8-15,23H,16H2,1-7H3,(H,29,33)/b13-12+. The molecule has 0 aliphatic rings. The molecule has 2 aromatic carbocycles. The molecular weight excluding hydrogens is 426 g/mol. The fourth-order valence-corrected chi connectivity index (χ4v) is 3.99. The number of benzene rings is 2. The quantitative estimate of drug-likeness (QED) is 0.381. The van der Waals surface area contributed by atoms with E-state index in [0.29, 0.717) is 6.54 Å². The van der Waals surface area contributed by atoms with Crippen LogP contribution in [0.4, 0.5) is 5.69 Å². The maximum absolute atomic E-state index is 12.6. The van der Waals surface area contributed by atoms with Crippen LogP contribution in [0.3, 0.4) is 0 Å².